The maximum absolute atomic E-state index is 13.9. The molecule has 1 aliphatic heterocycles. The Hall–Kier alpha value is -2.78. The van der Waals surface area contributed by atoms with Crippen LogP contribution >= 0.6 is 11.6 Å². The molecule has 6 nitrogen and oxygen atoms in total. The van der Waals surface area contributed by atoms with Gasteiger partial charge in [0.05, 0.1) is 17.2 Å². The predicted octanol–water partition coefficient (Wildman–Crippen LogP) is 5.53. The van der Waals surface area contributed by atoms with E-state index in [4.69, 9.17) is 16.3 Å². The summed E-state index contributed by atoms with van der Waals surface area (Å²) < 4.78 is 47.4. The van der Waals surface area contributed by atoms with Crippen LogP contribution in [-0.4, -0.2) is 66.7 Å². The summed E-state index contributed by atoms with van der Waals surface area (Å²) in [6.07, 6.45) is -2.40. The molecule has 0 aromatic heterocycles. The molecule has 2 amide bonds. The first-order chi connectivity index (χ1) is 17.9. The van der Waals surface area contributed by atoms with Gasteiger partial charge in [0, 0.05) is 32.7 Å². The number of hydrogen-bond donors (Lipinski definition) is 1. The first-order valence-corrected chi connectivity index (χ1v) is 13.0. The zero-order chi connectivity index (χ0) is 28.1. The molecule has 2 atom stereocenters. The van der Waals surface area contributed by atoms with Gasteiger partial charge in [-0.3, -0.25) is 9.59 Å². The molecule has 1 heterocycles. The number of aliphatic hydroxyl groups is 1. The second-order valence-electron chi connectivity index (χ2n) is 10.0. The SMILES string of the molecule is CC(CCCOc1ccc(C(=O)N(C)C)c(Cl)c1)C1CCN(C(=O)C(O)(c2ccccc2)C(F)(F)F)CC1. The first kappa shape index (κ1) is 29.8. The maximum Gasteiger partial charge on any atom is 0.430 e. The van der Waals surface area contributed by atoms with Crippen LogP contribution in [0.5, 0.6) is 5.75 Å². The standard InChI is InChI=1S/C28H34ClF3N2O4/c1-19(8-7-17-38-22-11-12-23(24(29)18-22)25(35)33(2)3)20-13-15-34(16-14-20)26(36)27(37,28(30,31)32)21-9-5-4-6-10-21/h4-6,9-12,18-20,37H,7-8,13-17H2,1-3H3. The van der Waals surface area contributed by atoms with Crippen LogP contribution in [0.2, 0.25) is 5.02 Å². The molecule has 0 spiro atoms. The number of nitrogens with zero attached hydrogens (tertiary/aromatic N) is 2. The fourth-order valence-corrected chi connectivity index (χ4v) is 5.07. The monoisotopic (exact) mass is 554 g/mol. The number of benzene rings is 2. The minimum absolute atomic E-state index is 0.159. The number of carbonyl (C=O) groups excluding carboxylic acids is 2. The topological polar surface area (TPSA) is 70.1 Å². The van der Waals surface area contributed by atoms with Crippen LogP contribution in [0.4, 0.5) is 13.2 Å². The van der Waals surface area contributed by atoms with E-state index in [1.54, 1.807) is 32.3 Å². The number of piperidine rings is 1. The lowest BCUT2D eigenvalue weighted by Gasteiger charge is -2.39. The predicted molar refractivity (Wildman–Crippen MR) is 139 cm³/mol. The summed E-state index contributed by atoms with van der Waals surface area (Å²) in [5.41, 5.74) is -3.64. The Labute approximate surface area is 226 Å². The summed E-state index contributed by atoms with van der Waals surface area (Å²) in [5, 5.41) is 10.9. The average Bonchev–Trinajstić information content (AvgIpc) is 2.89. The summed E-state index contributed by atoms with van der Waals surface area (Å²) >= 11 is 6.22. The molecule has 1 saturated heterocycles. The molecule has 0 saturated carbocycles. The van der Waals surface area contributed by atoms with Crippen molar-refractivity contribution in [3.05, 3.63) is 64.7 Å². The Bertz CT molecular complexity index is 1110. The number of hydrogen-bond acceptors (Lipinski definition) is 4. The van der Waals surface area contributed by atoms with E-state index in [1.807, 2.05) is 0 Å². The molecule has 1 aliphatic rings. The molecule has 1 N–H and O–H groups in total. The minimum Gasteiger partial charge on any atom is -0.494 e. The van der Waals surface area contributed by atoms with Gasteiger partial charge in [0.15, 0.2) is 0 Å². The van der Waals surface area contributed by atoms with E-state index in [2.05, 4.69) is 6.92 Å². The van der Waals surface area contributed by atoms with Crippen LogP contribution in [0.3, 0.4) is 0 Å². The highest BCUT2D eigenvalue weighted by Crippen LogP contribution is 2.41. The van der Waals surface area contributed by atoms with Gasteiger partial charge in [-0.05, 0) is 55.7 Å². The lowest BCUT2D eigenvalue weighted by atomic mass is 9.82. The fraction of sp³-hybridized carbons (Fsp3) is 0.500. The molecule has 208 valence electrons. The van der Waals surface area contributed by atoms with Gasteiger partial charge in [-0.1, -0.05) is 48.9 Å². The van der Waals surface area contributed by atoms with Gasteiger partial charge in [-0.15, -0.1) is 0 Å². The smallest absolute Gasteiger partial charge is 0.430 e. The number of likely N-dealkylation sites (tertiary alicyclic amines) is 1. The molecule has 0 radical (unpaired) electrons. The Morgan fingerprint density at radius 2 is 1.76 bits per heavy atom. The van der Waals surface area contributed by atoms with Gasteiger partial charge in [0.25, 0.3) is 17.4 Å². The van der Waals surface area contributed by atoms with E-state index >= 15 is 0 Å². The van der Waals surface area contributed by atoms with Crippen molar-refractivity contribution >= 4 is 23.4 Å². The first-order valence-electron chi connectivity index (χ1n) is 12.6. The van der Waals surface area contributed by atoms with Crippen LogP contribution in [0, 0.1) is 11.8 Å². The van der Waals surface area contributed by atoms with E-state index in [-0.39, 0.29) is 30.8 Å². The van der Waals surface area contributed by atoms with Crippen molar-refractivity contribution < 1.29 is 32.6 Å². The summed E-state index contributed by atoms with van der Waals surface area (Å²) in [4.78, 5) is 27.6. The molecule has 0 bridgehead atoms. The van der Waals surface area contributed by atoms with Crippen molar-refractivity contribution in [2.75, 3.05) is 33.8 Å². The van der Waals surface area contributed by atoms with Crippen LogP contribution in [-0.2, 0) is 10.4 Å². The number of halogens is 4. The van der Waals surface area contributed by atoms with Crippen molar-refractivity contribution in [1.82, 2.24) is 9.80 Å². The van der Waals surface area contributed by atoms with E-state index in [0.29, 0.717) is 35.8 Å². The average molecular weight is 555 g/mol. The Balaban J connectivity index is 1.48. The third kappa shape index (κ3) is 6.61. The zero-order valence-corrected chi connectivity index (χ0v) is 22.6. The highest BCUT2D eigenvalue weighted by Gasteiger charge is 2.62. The molecule has 38 heavy (non-hydrogen) atoms. The Morgan fingerprint density at radius 1 is 1.13 bits per heavy atom. The summed E-state index contributed by atoms with van der Waals surface area (Å²) in [6.45, 7) is 2.86. The minimum atomic E-state index is -5.14. The molecule has 2 unspecified atom stereocenters. The quantitative estimate of drug-likeness (QED) is 0.414. The normalized spacial score (nSPS) is 17.0. The van der Waals surface area contributed by atoms with Gasteiger partial charge in [0.2, 0.25) is 0 Å². The van der Waals surface area contributed by atoms with E-state index < -0.39 is 23.2 Å². The number of carbonyl (C=O) groups is 2. The number of ether oxygens (including phenoxy) is 1. The third-order valence-electron chi connectivity index (χ3n) is 7.19. The summed E-state index contributed by atoms with van der Waals surface area (Å²) in [6, 6.07) is 11.5. The highest BCUT2D eigenvalue weighted by atomic mass is 35.5. The highest BCUT2D eigenvalue weighted by molar-refractivity contribution is 6.34. The van der Waals surface area contributed by atoms with E-state index in [9.17, 15) is 27.9 Å². The zero-order valence-electron chi connectivity index (χ0n) is 21.8. The van der Waals surface area contributed by atoms with Gasteiger partial charge in [-0.25, -0.2) is 0 Å². The molecule has 10 heteroatoms. The summed E-state index contributed by atoms with van der Waals surface area (Å²) in [5.74, 6) is -0.407. The number of amides is 2. The lowest BCUT2D eigenvalue weighted by molar-refractivity contribution is -0.262. The largest absolute Gasteiger partial charge is 0.494 e. The molecular weight excluding hydrogens is 521 g/mol. The van der Waals surface area contributed by atoms with Crippen LogP contribution in [0.25, 0.3) is 0 Å². The third-order valence-corrected chi connectivity index (χ3v) is 7.51. The molecular formula is C28H34ClF3N2O4. The van der Waals surface area contributed by atoms with Crippen molar-refractivity contribution in [2.45, 2.75) is 44.4 Å². The van der Waals surface area contributed by atoms with Gasteiger partial charge in [-0.2, -0.15) is 13.2 Å². The molecule has 2 aromatic rings. The van der Waals surface area contributed by atoms with Crippen LogP contribution in [0.1, 0.15) is 48.5 Å². The fourth-order valence-electron chi connectivity index (χ4n) is 4.82. The van der Waals surface area contributed by atoms with Crippen LogP contribution in [0.15, 0.2) is 48.5 Å². The number of alkyl halides is 3. The van der Waals surface area contributed by atoms with Crippen molar-refractivity contribution in [3.8, 4) is 5.75 Å². The maximum atomic E-state index is 13.9. The van der Waals surface area contributed by atoms with Crippen molar-refractivity contribution in [2.24, 2.45) is 11.8 Å². The second-order valence-corrected chi connectivity index (χ2v) is 10.4. The van der Waals surface area contributed by atoms with E-state index in [1.165, 1.54) is 23.1 Å². The molecule has 1 fully saturated rings. The summed E-state index contributed by atoms with van der Waals surface area (Å²) in [7, 11) is 3.30. The van der Waals surface area contributed by atoms with Crippen molar-refractivity contribution in [3.63, 3.8) is 0 Å². The van der Waals surface area contributed by atoms with Crippen molar-refractivity contribution in [1.29, 1.82) is 0 Å². The van der Waals surface area contributed by atoms with Crippen LogP contribution < -0.4 is 4.74 Å². The molecule has 0 aliphatic carbocycles. The lowest BCUT2D eigenvalue weighted by Crippen LogP contribution is -2.57. The Kier molecular flexibility index (Phi) is 9.70. The second kappa shape index (κ2) is 12.4. The Morgan fingerprint density at radius 3 is 2.32 bits per heavy atom. The van der Waals surface area contributed by atoms with E-state index in [0.717, 1.165) is 29.9 Å². The molecule has 3 rings (SSSR count). The van der Waals surface area contributed by atoms with Gasteiger partial charge < -0.3 is 19.6 Å². The molecule has 2 aromatic carbocycles. The van der Waals surface area contributed by atoms with Gasteiger partial charge >= 0.3 is 6.18 Å². The number of rotatable bonds is 9. The van der Waals surface area contributed by atoms with Gasteiger partial charge in [0.1, 0.15) is 5.75 Å².